The molecule has 0 spiro atoms. The molecule has 8 nitrogen and oxygen atoms in total. The number of carbonyl (C=O) groups excluding carboxylic acids is 4. The standard InChI is InChI=1S/C28H28ClF3N4O4/c1-27(2,35(3)12-11-16-7-8-19(20(29)13-16)28(30,31)32)17-5-4-6-18(14-17)33-21-15-24(38)36(26(21)40)22-9-10-23(37)34-25(22)39/h4-8,13-15,22,33H,9-12H2,1-3H3,(H,34,37,39). The van der Waals surface area contributed by atoms with E-state index in [1.54, 1.807) is 12.1 Å². The van der Waals surface area contributed by atoms with E-state index < -0.39 is 46.9 Å². The highest BCUT2D eigenvalue weighted by atomic mass is 35.5. The van der Waals surface area contributed by atoms with Crippen molar-refractivity contribution in [2.24, 2.45) is 0 Å². The van der Waals surface area contributed by atoms with Gasteiger partial charge in [-0.25, -0.2) is 0 Å². The van der Waals surface area contributed by atoms with Crippen LogP contribution < -0.4 is 10.6 Å². The van der Waals surface area contributed by atoms with Gasteiger partial charge in [-0.3, -0.25) is 34.3 Å². The van der Waals surface area contributed by atoms with Crippen LogP contribution in [0.1, 0.15) is 43.4 Å². The van der Waals surface area contributed by atoms with E-state index in [2.05, 4.69) is 10.6 Å². The molecule has 1 saturated heterocycles. The third kappa shape index (κ3) is 6.05. The molecule has 2 aliphatic heterocycles. The van der Waals surface area contributed by atoms with Crippen molar-refractivity contribution < 1.29 is 32.3 Å². The number of carbonyl (C=O) groups is 4. The predicted octanol–water partition coefficient (Wildman–Crippen LogP) is 4.24. The Kier molecular flexibility index (Phi) is 8.09. The number of nitrogens with one attached hydrogen (secondary N) is 2. The number of rotatable bonds is 8. The van der Waals surface area contributed by atoms with Crippen molar-refractivity contribution in [3.05, 3.63) is 76.0 Å². The Hall–Kier alpha value is -3.70. The molecule has 1 fully saturated rings. The number of hydrogen-bond donors (Lipinski definition) is 2. The lowest BCUT2D eigenvalue weighted by molar-refractivity contribution is -0.149. The van der Waals surface area contributed by atoms with Gasteiger partial charge < -0.3 is 5.32 Å². The Bertz CT molecular complexity index is 1410. The molecule has 2 heterocycles. The van der Waals surface area contributed by atoms with Gasteiger partial charge in [0.2, 0.25) is 11.8 Å². The van der Waals surface area contributed by atoms with Gasteiger partial charge >= 0.3 is 6.18 Å². The zero-order valence-corrected chi connectivity index (χ0v) is 22.8. The number of alkyl halides is 3. The average molecular weight is 577 g/mol. The summed E-state index contributed by atoms with van der Waals surface area (Å²) in [6, 6.07) is 9.96. The first-order chi connectivity index (χ1) is 18.7. The molecule has 12 heteroatoms. The zero-order valence-electron chi connectivity index (χ0n) is 22.1. The van der Waals surface area contributed by atoms with Gasteiger partial charge in [-0.05, 0) is 69.1 Å². The number of nitrogens with zero attached hydrogens (tertiary/aromatic N) is 2. The van der Waals surface area contributed by atoms with E-state index in [4.69, 9.17) is 11.6 Å². The Morgan fingerprint density at radius 3 is 2.48 bits per heavy atom. The van der Waals surface area contributed by atoms with E-state index in [-0.39, 0.29) is 23.6 Å². The summed E-state index contributed by atoms with van der Waals surface area (Å²) in [7, 11) is 1.89. The first-order valence-corrected chi connectivity index (χ1v) is 12.9. The maximum Gasteiger partial charge on any atom is 0.417 e. The molecule has 2 aromatic rings. The van der Waals surface area contributed by atoms with Gasteiger partial charge in [-0.1, -0.05) is 29.8 Å². The van der Waals surface area contributed by atoms with Crippen LogP contribution in [0.5, 0.6) is 0 Å². The quantitative estimate of drug-likeness (QED) is 0.456. The van der Waals surface area contributed by atoms with E-state index in [1.165, 1.54) is 12.1 Å². The van der Waals surface area contributed by atoms with Crippen LogP contribution >= 0.6 is 11.6 Å². The van der Waals surface area contributed by atoms with Crippen LogP contribution in [0.2, 0.25) is 5.02 Å². The minimum Gasteiger partial charge on any atom is -0.351 e. The highest BCUT2D eigenvalue weighted by Gasteiger charge is 2.42. The van der Waals surface area contributed by atoms with Gasteiger partial charge in [0.1, 0.15) is 11.7 Å². The smallest absolute Gasteiger partial charge is 0.351 e. The van der Waals surface area contributed by atoms with Crippen molar-refractivity contribution in [1.82, 2.24) is 15.1 Å². The minimum absolute atomic E-state index is 0.0113. The van der Waals surface area contributed by atoms with Gasteiger partial charge in [0.05, 0.1) is 10.6 Å². The molecule has 2 aromatic carbocycles. The SMILES string of the molecule is CN(CCc1ccc(C(F)(F)F)c(Cl)c1)C(C)(C)c1cccc(NC2=CC(=O)N(C3CCC(=O)NC3=O)C2=O)c1. The van der Waals surface area contributed by atoms with Crippen LogP contribution in [0.25, 0.3) is 0 Å². The normalized spacial score (nSPS) is 18.4. The molecule has 212 valence electrons. The summed E-state index contributed by atoms with van der Waals surface area (Å²) in [5.41, 5.74) is 0.727. The second-order valence-corrected chi connectivity index (χ2v) is 10.7. The van der Waals surface area contributed by atoms with Crippen molar-refractivity contribution in [2.45, 2.75) is 50.9 Å². The van der Waals surface area contributed by atoms with E-state index >= 15 is 0 Å². The number of hydrogen-bond acceptors (Lipinski definition) is 6. The fourth-order valence-electron chi connectivity index (χ4n) is 4.67. The molecule has 2 aliphatic rings. The molecule has 0 bridgehead atoms. The molecule has 0 saturated carbocycles. The third-order valence-electron chi connectivity index (χ3n) is 7.35. The topological polar surface area (TPSA) is 98.8 Å². The summed E-state index contributed by atoms with van der Waals surface area (Å²) in [5.74, 6) is -2.42. The monoisotopic (exact) mass is 576 g/mol. The minimum atomic E-state index is -4.51. The van der Waals surface area contributed by atoms with Gasteiger partial charge in [0.25, 0.3) is 11.8 Å². The summed E-state index contributed by atoms with van der Waals surface area (Å²) < 4.78 is 39.0. The van der Waals surface area contributed by atoms with Crippen LogP contribution in [0.15, 0.2) is 54.2 Å². The van der Waals surface area contributed by atoms with Crippen LogP contribution in [-0.2, 0) is 37.3 Å². The molecule has 1 unspecified atom stereocenters. The molecule has 0 aromatic heterocycles. The van der Waals surface area contributed by atoms with Crippen molar-refractivity contribution >= 4 is 40.9 Å². The Morgan fingerprint density at radius 2 is 1.82 bits per heavy atom. The zero-order chi connectivity index (χ0) is 29.4. The van der Waals surface area contributed by atoms with Crippen LogP contribution in [0, 0.1) is 0 Å². The molecule has 40 heavy (non-hydrogen) atoms. The molecule has 0 radical (unpaired) electrons. The first-order valence-electron chi connectivity index (χ1n) is 12.6. The van der Waals surface area contributed by atoms with Crippen LogP contribution in [0.3, 0.4) is 0 Å². The van der Waals surface area contributed by atoms with E-state index in [0.717, 1.165) is 22.6 Å². The number of anilines is 1. The highest BCUT2D eigenvalue weighted by molar-refractivity contribution is 6.31. The first kappa shape index (κ1) is 29.3. The average Bonchev–Trinajstić information content (AvgIpc) is 3.14. The molecule has 4 rings (SSSR count). The van der Waals surface area contributed by atoms with Crippen LogP contribution in [0.4, 0.5) is 18.9 Å². The maximum atomic E-state index is 13.0. The number of likely N-dealkylation sites (N-methyl/N-ethyl adjacent to an activating group) is 1. The van der Waals surface area contributed by atoms with Gasteiger partial charge in [-0.15, -0.1) is 0 Å². The predicted molar refractivity (Wildman–Crippen MR) is 142 cm³/mol. The van der Waals surface area contributed by atoms with Gasteiger partial charge in [0.15, 0.2) is 0 Å². The summed E-state index contributed by atoms with van der Waals surface area (Å²) in [5, 5.41) is 4.79. The molecule has 0 aliphatic carbocycles. The van der Waals surface area contributed by atoms with Crippen molar-refractivity contribution in [1.29, 1.82) is 0 Å². The Morgan fingerprint density at radius 1 is 1.10 bits per heavy atom. The van der Waals surface area contributed by atoms with E-state index in [1.807, 2.05) is 37.9 Å². The van der Waals surface area contributed by atoms with Gasteiger partial charge in [-0.2, -0.15) is 13.2 Å². The lowest BCUT2D eigenvalue weighted by atomic mass is 9.91. The fourth-order valence-corrected chi connectivity index (χ4v) is 4.98. The van der Waals surface area contributed by atoms with Gasteiger partial charge in [0, 0.05) is 30.3 Å². The number of imide groups is 2. The van der Waals surface area contributed by atoms with E-state index in [0.29, 0.717) is 24.2 Å². The lowest BCUT2D eigenvalue weighted by Gasteiger charge is -2.36. The molecular formula is C28H28ClF3N4O4. The molecule has 2 N–H and O–H groups in total. The summed E-state index contributed by atoms with van der Waals surface area (Å²) in [6.45, 7) is 4.49. The van der Waals surface area contributed by atoms with Crippen molar-refractivity contribution in [2.75, 3.05) is 18.9 Å². The fraction of sp³-hybridized carbons (Fsp3) is 0.357. The lowest BCUT2D eigenvalue weighted by Crippen LogP contribution is -2.54. The van der Waals surface area contributed by atoms with Crippen LogP contribution in [-0.4, -0.2) is 53.1 Å². The Labute approximate surface area is 234 Å². The Balaban J connectivity index is 1.43. The summed E-state index contributed by atoms with van der Waals surface area (Å²) in [6.07, 6.45) is -2.81. The summed E-state index contributed by atoms with van der Waals surface area (Å²) >= 11 is 5.86. The molecule has 1 atom stereocenters. The number of halogens is 4. The van der Waals surface area contributed by atoms with Crippen molar-refractivity contribution in [3.63, 3.8) is 0 Å². The van der Waals surface area contributed by atoms with Crippen molar-refractivity contribution in [3.8, 4) is 0 Å². The van der Waals surface area contributed by atoms with E-state index in [9.17, 15) is 32.3 Å². The molecule has 4 amide bonds. The number of amides is 4. The largest absolute Gasteiger partial charge is 0.417 e. The molecular weight excluding hydrogens is 549 g/mol. The highest BCUT2D eigenvalue weighted by Crippen LogP contribution is 2.35. The number of piperidine rings is 1. The maximum absolute atomic E-state index is 13.0. The second-order valence-electron chi connectivity index (χ2n) is 10.3. The summed E-state index contributed by atoms with van der Waals surface area (Å²) in [4.78, 5) is 52.1. The third-order valence-corrected chi connectivity index (χ3v) is 7.67. The number of benzene rings is 2. The second kappa shape index (κ2) is 11.1.